The van der Waals surface area contributed by atoms with E-state index in [2.05, 4.69) is 25.8 Å². The number of hydrogen-bond donors (Lipinski definition) is 3. The summed E-state index contributed by atoms with van der Waals surface area (Å²) < 4.78 is 0. The molecular formula is C12H19N5O3. The summed E-state index contributed by atoms with van der Waals surface area (Å²) in [5, 5.41) is 21.4. The highest BCUT2D eigenvalue weighted by molar-refractivity contribution is 5.87. The lowest BCUT2D eigenvalue weighted by atomic mass is 10.0. The zero-order valence-electron chi connectivity index (χ0n) is 11.8. The second kappa shape index (κ2) is 7.37. The number of aromatic nitrogens is 3. The Morgan fingerprint density at radius 2 is 1.95 bits per heavy atom. The van der Waals surface area contributed by atoms with Crippen LogP contribution in [0.3, 0.4) is 0 Å². The van der Waals surface area contributed by atoms with Gasteiger partial charge in [0.05, 0.1) is 11.4 Å². The first-order valence-corrected chi connectivity index (χ1v) is 6.37. The fraction of sp³-hybridized carbons (Fsp3) is 0.583. The van der Waals surface area contributed by atoms with Crippen molar-refractivity contribution in [2.24, 2.45) is 5.92 Å². The van der Waals surface area contributed by atoms with Crippen molar-refractivity contribution in [1.82, 2.24) is 20.5 Å². The van der Waals surface area contributed by atoms with Crippen molar-refractivity contribution in [3.8, 4) is 0 Å². The van der Waals surface area contributed by atoms with Gasteiger partial charge in [-0.25, -0.2) is 9.78 Å². The number of carbonyl (C=O) groups excluding carboxylic acids is 1. The van der Waals surface area contributed by atoms with Crippen LogP contribution in [-0.4, -0.2) is 38.8 Å². The first-order valence-electron chi connectivity index (χ1n) is 6.37. The van der Waals surface area contributed by atoms with E-state index in [-0.39, 0.29) is 24.8 Å². The average molecular weight is 281 g/mol. The highest BCUT2D eigenvalue weighted by Gasteiger charge is 2.13. The predicted molar refractivity (Wildman–Crippen MR) is 72.4 cm³/mol. The van der Waals surface area contributed by atoms with Crippen molar-refractivity contribution < 1.29 is 14.7 Å². The third-order valence-corrected chi connectivity index (χ3v) is 2.91. The minimum atomic E-state index is -0.874. The molecule has 1 rings (SSSR count). The number of carboxylic acid groups (broad SMARTS) is 1. The molecule has 0 fully saturated rings. The molecule has 0 spiro atoms. The van der Waals surface area contributed by atoms with Gasteiger partial charge in [-0.3, -0.25) is 10.1 Å². The van der Waals surface area contributed by atoms with Gasteiger partial charge in [0.1, 0.15) is 0 Å². The Morgan fingerprint density at radius 3 is 2.50 bits per heavy atom. The molecule has 0 saturated carbocycles. The van der Waals surface area contributed by atoms with E-state index in [1.165, 1.54) is 0 Å². The number of rotatable bonds is 6. The molecule has 2 amide bonds. The smallest absolute Gasteiger partial charge is 0.321 e. The summed E-state index contributed by atoms with van der Waals surface area (Å²) in [5.41, 5.74) is 1.39. The van der Waals surface area contributed by atoms with Crippen molar-refractivity contribution in [2.75, 3.05) is 11.9 Å². The van der Waals surface area contributed by atoms with Gasteiger partial charge in [-0.2, -0.15) is 5.10 Å². The summed E-state index contributed by atoms with van der Waals surface area (Å²) in [6.07, 6.45) is 0.701. The molecule has 8 nitrogen and oxygen atoms in total. The summed E-state index contributed by atoms with van der Waals surface area (Å²) in [6.45, 7) is 5.71. The van der Waals surface area contributed by atoms with Crippen LogP contribution >= 0.6 is 0 Å². The van der Waals surface area contributed by atoms with Crippen LogP contribution in [-0.2, 0) is 4.79 Å². The van der Waals surface area contributed by atoms with Crippen LogP contribution in [0.25, 0.3) is 0 Å². The van der Waals surface area contributed by atoms with Gasteiger partial charge >= 0.3 is 12.0 Å². The molecule has 0 saturated heterocycles. The van der Waals surface area contributed by atoms with Crippen molar-refractivity contribution in [1.29, 1.82) is 0 Å². The summed E-state index contributed by atoms with van der Waals surface area (Å²) >= 11 is 0. The predicted octanol–water partition coefficient (Wildman–Crippen LogP) is 1.11. The number of aliphatic carboxylic acids is 1. The van der Waals surface area contributed by atoms with Crippen molar-refractivity contribution >= 4 is 17.9 Å². The lowest BCUT2D eigenvalue weighted by Crippen LogP contribution is -2.34. The van der Waals surface area contributed by atoms with E-state index in [4.69, 9.17) is 5.11 Å². The maximum absolute atomic E-state index is 11.6. The Bertz CT molecular complexity index is 492. The normalized spacial score (nSPS) is 11.8. The molecule has 0 aliphatic carbocycles. The van der Waals surface area contributed by atoms with Crippen LogP contribution in [0, 0.1) is 19.8 Å². The van der Waals surface area contributed by atoms with Crippen LogP contribution in [0.15, 0.2) is 0 Å². The Labute approximate surface area is 117 Å². The number of carboxylic acids is 1. The van der Waals surface area contributed by atoms with Crippen LogP contribution < -0.4 is 10.6 Å². The maximum atomic E-state index is 11.6. The van der Waals surface area contributed by atoms with E-state index in [0.717, 1.165) is 0 Å². The van der Waals surface area contributed by atoms with Crippen molar-refractivity contribution in [2.45, 2.75) is 33.6 Å². The number of carbonyl (C=O) groups is 2. The quantitative estimate of drug-likeness (QED) is 0.719. The van der Waals surface area contributed by atoms with Crippen molar-refractivity contribution in [3.05, 3.63) is 11.4 Å². The number of urea groups is 1. The van der Waals surface area contributed by atoms with Crippen molar-refractivity contribution in [3.63, 3.8) is 0 Å². The zero-order valence-corrected chi connectivity index (χ0v) is 11.8. The van der Waals surface area contributed by atoms with Gasteiger partial charge in [0.2, 0.25) is 0 Å². The Kier molecular flexibility index (Phi) is 5.82. The summed E-state index contributed by atoms with van der Waals surface area (Å²) in [7, 11) is 0. The van der Waals surface area contributed by atoms with E-state index < -0.39 is 12.0 Å². The number of amides is 2. The van der Waals surface area contributed by atoms with Crippen LogP contribution in [0.1, 0.15) is 31.2 Å². The highest BCUT2D eigenvalue weighted by atomic mass is 16.4. The molecule has 1 atom stereocenters. The molecule has 20 heavy (non-hydrogen) atoms. The van der Waals surface area contributed by atoms with Gasteiger partial charge in [0.25, 0.3) is 5.95 Å². The minimum Gasteiger partial charge on any atom is -0.481 e. The Hall–Kier alpha value is -2.25. The first-order chi connectivity index (χ1) is 9.42. The fourth-order valence-corrected chi connectivity index (χ4v) is 1.50. The molecule has 8 heteroatoms. The van der Waals surface area contributed by atoms with E-state index >= 15 is 0 Å². The monoisotopic (exact) mass is 281 g/mol. The topological polar surface area (TPSA) is 117 Å². The number of nitrogens with zero attached hydrogens (tertiary/aromatic N) is 3. The summed E-state index contributed by atoms with van der Waals surface area (Å²) in [4.78, 5) is 26.3. The molecule has 1 aromatic rings. The van der Waals surface area contributed by atoms with Gasteiger partial charge in [0, 0.05) is 13.0 Å². The molecule has 1 aromatic heterocycles. The number of hydrogen-bond acceptors (Lipinski definition) is 5. The number of anilines is 1. The molecule has 0 aliphatic rings. The summed E-state index contributed by atoms with van der Waals surface area (Å²) in [6, 6.07) is -0.473. The molecule has 0 aliphatic heterocycles. The third-order valence-electron chi connectivity index (χ3n) is 2.91. The Morgan fingerprint density at radius 1 is 1.25 bits per heavy atom. The molecular weight excluding hydrogens is 262 g/mol. The lowest BCUT2D eigenvalue weighted by molar-refractivity contribution is -0.138. The van der Waals surface area contributed by atoms with E-state index in [9.17, 15) is 9.59 Å². The van der Waals surface area contributed by atoms with E-state index in [1.54, 1.807) is 13.8 Å². The molecule has 0 aromatic carbocycles. The van der Waals surface area contributed by atoms with Gasteiger partial charge in [-0.15, -0.1) is 5.10 Å². The molecule has 1 heterocycles. The molecule has 0 radical (unpaired) electrons. The molecule has 3 N–H and O–H groups in total. The molecule has 110 valence electrons. The van der Waals surface area contributed by atoms with Crippen LogP contribution in [0.2, 0.25) is 0 Å². The van der Waals surface area contributed by atoms with Gasteiger partial charge in [-0.05, 0) is 19.8 Å². The molecule has 0 bridgehead atoms. The zero-order chi connectivity index (χ0) is 15.1. The fourth-order valence-electron chi connectivity index (χ4n) is 1.50. The number of aryl methyl sites for hydroxylation is 2. The van der Waals surface area contributed by atoms with Gasteiger partial charge < -0.3 is 10.4 Å². The van der Waals surface area contributed by atoms with Gasteiger partial charge in [0.15, 0.2) is 0 Å². The lowest BCUT2D eigenvalue weighted by Gasteiger charge is -2.13. The molecule has 1 unspecified atom stereocenters. The SMILES string of the molecule is CCC(CNC(=O)Nc1nnc(C)c(C)n1)CC(=O)O. The van der Waals surface area contributed by atoms with Crippen LogP contribution in [0.4, 0.5) is 10.7 Å². The largest absolute Gasteiger partial charge is 0.481 e. The summed E-state index contributed by atoms with van der Waals surface area (Å²) in [5.74, 6) is -0.852. The van der Waals surface area contributed by atoms with E-state index in [0.29, 0.717) is 17.8 Å². The standard InChI is InChI=1S/C12H19N5O3/c1-4-9(5-10(18)19)6-13-12(20)15-11-14-7(2)8(3)16-17-11/h9H,4-6H2,1-3H3,(H,18,19)(H2,13,14,15,17,20). The minimum absolute atomic E-state index is 0.0263. The van der Waals surface area contributed by atoms with Gasteiger partial charge in [-0.1, -0.05) is 13.3 Å². The first kappa shape index (κ1) is 15.8. The average Bonchev–Trinajstić information content (AvgIpc) is 2.38. The third kappa shape index (κ3) is 5.17. The number of nitrogens with one attached hydrogen (secondary N) is 2. The second-order valence-electron chi connectivity index (χ2n) is 4.51. The second-order valence-corrected chi connectivity index (χ2v) is 4.51. The van der Waals surface area contributed by atoms with E-state index in [1.807, 2.05) is 6.92 Å². The Balaban J connectivity index is 2.46. The highest BCUT2D eigenvalue weighted by Crippen LogP contribution is 2.07. The van der Waals surface area contributed by atoms with Crippen LogP contribution in [0.5, 0.6) is 0 Å². The maximum Gasteiger partial charge on any atom is 0.321 e.